The third-order valence-electron chi connectivity index (χ3n) is 3.55. The number of nitrogens with one attached hydrogen (secondary N) is 1. The van der Waals surface area contributed by atoms with Gasteiger partial charge >= 0.3 is 0 Å². The van der Waals surface area contributed by atoms with Gasteiger partial charge < -0.3 is 10.1 Å². The lowest BCUT2D eigenvalue weighted by Crippen LogP contribution is -2.47. The van der Waals surface area contributed by atoms with Crippen LogP contribution in [0, 0.1) is 5.92 Å². The Kier molecular flexibility index (Phi) is 4.73. The summed E-state index contributed by atoms with van der Waals surface area (Å²) >= 11 is 5.96. The predicted molar refractivity (Wildman–Crippen MR) is 81.7 cm³/mol. The maximum absolute atomic E-state index is 12.1. The van der Waals surface area contributed by atoms with E-state index in [-0.39, 0.29) is 31.0 Å². The molecular formula is C15H19ClN2O3. The van der Waals surface area contributed by atoms with Crippen molar-refractivity contribution in [3.63, 3.8) is 0 Å². The number of amides is 2. The lowest BCUT2D eigenvalue weighted by molar-refractivity contribution is -0.125. The van der Waals surface area contributed by atoms with Crippen LogP contribution in [0.3, 0.4) is 0 Å². The molecule has 0 bridgehead atoms. The number of anilines is 1. The van der Waals surface area contributed by atoms with E-state index >= 15 is 0 Å². The summed E-state index contributed by atoms with van der Waals surface area (Å²) < 4.78 is 5.34. The van der Waals surface area contributed by atoms with Crippen molar-refractivity contribution in [2.75, 3.05) is 18.1 Å². The van der Waals surface area contributed by atoms with Crippen molar-refractivity contribution in [3.05, 3.63) is 23.2 Å². The lowest BCUT2D eigenvalue weighted by Gasteiger charge is -2.29. The number of benzene rings is 1. The smallest absolute Gasteiger partial charge is 0.265 e. The Bertz CT molecular complexity index is 560. The predicted octanol–water partition coefficient (Wildman–Crippen LogP) is 2.23. The molecule has 1 aromatic rings. The van der Waals surface area contributed by atoms with E-state index in [0.717, 1.165) is 0 Å². The third-order valence-corrected chi connectivity index (χ3v) is 3.79. The molecule has 6 heteroatoms. The molecule has 1 heterocycles. The Balaban J connectivity index is 2.14. The van der Waals surface area contributed by atoms with Crippen LogP contribution >= 0.6 is 11.6 Å². The van der Waals surface area contributed by atoms with Gasteiger partial charge in [-0.25, -0.2) is 0 Å². The van der Waals surface area contributed by atoms with Crippen molar-refractivity contribution in [1.82, 2.24) is 5.32 Å². The van der Waals surface area contributed by atoms with Crippen molar-refractivity contribution in [3.8, 4) is 5.75 Å². The van der Waals surface area contributed by atoms with Crippen molar-refractivity contribution >= 4 is 29.1 Å². The van der Waals surface area contributed by atoms with Crippen molar-refractivity contribution < 1.29 is 14.3 Å². The molecule has 1 aliphatic rings. The summed E-state index contributed by atoms with van der Waals surface area (Å²) in [4.78, 5) is 25.5. The fourth-order valence-corrected chi connectivity index (χ4v) is 2.12. The van der Waals surface area contributed by atoms with Crippen LogP contribution in [0.5, 0.6) is 5.75 Å². The number of carbonyl (C=O) groups is 2. The first-order valence-electron chi connectivity index (χ1n) is 6.90. The van der Waals surface area contributed by atoms with E-state index in [1.807, 2.05) is 20.8 Å². The molecule has 2 amide bonds. The van der Waals surface area contributed by atoms with Gasteiger partial charge in [0.2, 0.25) is 5.91 Å². The van der Waals surface area contributed by atoms with Crippen LogP contribution < -0.4 is 15.0 Å². The minimum Gasteiger partial charge on any atom is -0.482 e. The lowest BCUT2D eigenvalue weighted by atomic mass is 10.1. The number of rotatable bonds is 4. The minimum absolute atomic E-state index is 0.0351. The highest BCUT2D eigenvalue weighted by Crippen LogP contribution is 2.34. The molecule has 21 heavy (non-hydrogen) atoms. The highest BCUT2D eigenvalue weighted by atomic mass is 35.5. The van der Waals surface area contributed by atoms with Gasteiger partial charge in [-0.05, 0) is 31.0 Å². The molecule has 0 fully saturated rings. The number of hydrogen-bond donors (Lipinski definition) is 1. The number of carbonyl (C=O) groups excluding carboxylic acids is 2. The number of fused-ring (bicyclic) bond motifs is 1. The number of nitrogens with zero attached hydrogens (tertiary/aromatic N) is 1. The summed E-state index contributed by atoms with van der Waals surface area (Å²) in [5.74, 6) is 0.439. The Morgan fingerprint density at radius 3 is 2.81 bits per heavy atom. The fraction of sp³-hybridized carbons (Fsp3) is 0.467. The van der Waals surface area contributed by atoms with Crippen LogP contribution in [0.4, 0.5) is 5.69 Å². The quantitative estimate of drug-likeness (QED) is 0.927. The summed E-state index contributed by atoms with van der Waals surface area (Å²) in [6.45, 7) is 5.89. The van der Waals surface area contributed by atoms with E-state index in [1.165, 1.54) is 4.90 Å². The van der Waals surface area contributed by atoms with E-state index < -0.39 is 0 Å². The van der Waals surface area contributed by atoms with Crippen LogP contribution in [0.1, 0.15) is 20.8 Å². The third kappa shape index (κ3) is 3.67. The second-order valence-electron chi connectivity index (χ2n) is 5.48. The molecule has 1 aromatic carbocycles. The van der Waals surface area contributed by atoms with E-state index in [2.05, 4.69) is 5.32 Å². The molecule has 0 saturated carbocycles. The molecule has 0 unspecified atom stereocenters. The zero-order valence-electron chi connectivity index (χ0n) is 12.4. The van der Waals surface area contributed by atoms with Crippen LogP contribution in [0.2, 0.25) is 5.02 Å². The molecule has 1 N–H and O–H groups in total. The van der Waals surface area contributed by atoms with Crippen LogP contribution in [0.25, 0.3) is 0 Å². The zero-order chi connectivity index (χ0) is 15.6. The summed E-state index contributed by atoms with van der Waals surface area (Å²) in [5.41, 5.74) is 0.533. The van der Waals surface area contributed by atoms with Gasteiger partial charge in [-0.2, -0.15) is 0 Å². The average molecular weight is 311 g/mol. The second-order valence-corrected chi connectivity index (χ2v) is 5.92. The topological polar surface area (TPSA) is 58.6 Å². The van der Waals surface area contributed by atoms with Gasteiger partial charge in [0.1, 0.15) is 12.3 Å². The highest BCUT2D eigenvalue weighted by molar-refractivity contribution is 6.31. The number of ether oxygens (including phenoxy) is 1. The first-order chi connectivity index (χ1) is 9.88. The Morgan fingerprint density at radius 1 is 1.43 bits per heavy atom. The SMILES string of the molecule is CC(C)[C@H](C)NC(=O)CN1C(=O)COc2ccc(Cl)cc21. The van der Waals surface area contributed by atoms with Crippen LogP contribution in [-0.2, 0) is 9.59 Å². The van der Waals surface area contributed by atoms with Gasteiger partial charge in [-0.15, -0.1) is 0 Å². The Hall–Kier alpha value is -1.75. The standard InChI is InChI=1S/C15H19ClN2O3/c1-9(2)10(3)17-14(19)7-18-12-6-11(16)4-5-13(12)21-8-15(18)20/h4-6,9-10H,7-8H2,1-3H3,(H,17,19)/t10-/m0/s1. The molecule has 5 nitrogen and oxygen atoms in total. The zero-order valence-corrected chi connectivity index (χ0v) is 13.1. The molecule has 1 atom stereocenters. The van der Waals surface area contributed by atoms with Gasteiger partial charge in [0, 0.05) is 11.1 Å². The second kappa shape index (κ2) is 6.35. The maximum Gasteiger partial charge on any atom is 0.265 e. The van der Waals surface area contributed by atoms with Gasteiger partial charge in [0.25, 0.3) is 5.91 Å². The normalized spacial score (nSPS) is 15.5. The van der Waals surface area contributed by atoms with Gasteiger partial charge in [-0.3, -0.25) is 14.5 Å². The van der Waals surface area contributed by atoms with Crippen molar-refractivity contribution in [1.29, 1.82) is 0 Å². The average Bonchev–Trinajstić information content (AvgIpc) is 2.42. The molecular weight excluding hydrogens is 292 g/mol. The summed E-state index contributed by atoms with van der Waals surface area (Å²) in [6.07, 6.45) is 0. The van der Waals surface area contributed by atoms with E-state index in [0.29, 0.717) is 22.4 Å². The van der Waals surface area contributed by atoms with Crippen LogP contribution in [-0.4, -0.2) is 31.0 Å². The minimum atomic E-state index is -0.253. The molecule has 0 aliphatic carbocycles. The number of halogens is 1. The summed E-state index contributed by atoms with van der Waals surface area (Å²) in [7, 11) is 0. The first kappa shape index (κ1) is 15.6. The molecule has 0 aromatic heterocycles. The molecule has 0 spiro atoms. The largest absolute Gasteiger partial charge is 0.482 e. The molecule has 114 valence electrons. The molecule has 0 saturated heterocycles. The Morgan fingerprint density at radius 2 is 2.14 bits per heavy atom. The van der Waals surface area contributed by atoms with Gasteiger partial charge in [0.15, 0.2) is 6.61 Å². The Labute approximate surface area is 129 Å². The molecule has 2 rings (SSSR count). The summed E-state index contributed by atoms with van der Waals surface area (Å²) in [6, 6.07) is 5.07. The van der Waals surface area contributed by atoms with E-state index in [4.69, 9.17) is 16.3 Å². The molecule has 0 radical (unpaired) electrons. The molecule has 1 aliphatic heterocycles. The first-order valence-corrected chi connectivity index (χ1v) is 7.28. The van der Waals surface area contributed by atoms with Crippen LogP contribution in [0.15, 0.2) is 18.2 Å². The van der Waals surface area contributed by atoms with Gasteiger partial charge in [-0.1, -0.05) is 25.4 Å². The van der Waals surface area contributed by atoms with Crippen molar-refractivity contribution in [2.24, 2.45) is 5.92 Å². The fourth-order valence-electron chi connectivity index (χ4n) is 1.96. The number of hydrogen-bond acceptors (Lipinski definition) is 3. The summed E-state index contributed by atoms with van der Waals surface area (Å²) in [5, 5.41) is 3.38. The van der Waals surface area contributed by atoms with E-state index in [9.17, 15) is 9.59 Å². The highest BCUT2D eigenvalue weighted by Gasteiger charge is 2.28. The monoisotopic (exact) mass is 310 g/mol. The van der Waals surface area contributed by atoms with Gasteiger partial charge in [0.05, 0.1) is 5.69 Å². The van der Waals surface area contributed by atoms with E-state index in [1.54, 1.807) is 18.2 Å². The maximum atomic E-state index is 12.1. The van der Waals surface area contributed by atoms with Crippen molar-refractivity contribution in [2.45, 2.75) is 26.8 Å².